The summed E-state index contributed by atoms with van der Waals surface area (Å²) in [5, 5.41) is 0. The van der Waals surface area contributed by atoms with Crippen molar-refractivity contribution in [3.8, 4) is 0 Å². The molecule has 0 N–H and O–H groups in total. The summed E-state index contributed by atoms with van der Waals surface area (Å²) in [4.78, 5) is 24.7. The number of aldehydes is 1. The normalized spacial score (nSPS) is 21.3. The molecular weight excluding hydrogens is 294 g/mol. The predicted octanol–water partition coefficient (Wildman–Crippen LogP) is 3.03. The maximum atomic E-state index is 12.2. The Bertz CT molecular complexity index is 524. The number of hydrogen-bond donors (Lipinski definition) is 0. The first-order valence-electron chi connectivity index (χ1n) is 7.96. The number of rotatable bonds is 5. The lowest BCUT2D eigenvalue weighted by atomic mass is 10.0. The molecule has 0 spiro atoms. The van der Waals surface area contributed by atoms with Gasteiger partial charge in [0.05, 0.1) is 19.3 Å². The summed E-state index contributed by atoms with van der Waals surface area (Å²) in [6.07, 6.45) is 0.785. The maximum absolute atomic E-state index is 12.2. The molecule has 23 heavy (non-hydrogen) atoms. The Morgan fingerprint density at radius 3 is 2.57 bits per heavy atom. The van der Waals surface area contributed by atoms with Crippen LogP contribution in [0.5, 0.6) is 0 Å². The largest absolute Gasteiger partial charge is 0.444 e. The first kappa shape index (κ1) is 17.5. The Balaban J connectivity index is 1.95. The minimum Gasteiger partial charge on any atom is -0.444 e. The Hall–Kier alpha value is -1.88. The van der Waals surface area contributed by atoms with Crippen molar-refractivity contribution in [1.82, 2.24) is 4.90 Å². The zero-order chi connectivity index (χ0) is 16.9. The van der Waals surface area contributed by atoms with E-state index in [4.69, 9.17) is 9.47 Å². The highest BCUT2D eigenvalue weighted by Gasteiger charge is 2.37. The number of amides is 1. The molecule has 0 aliphatic carbocycles. The summed E-state index contributed by atoms with van der Waals surface area (Å²) in [7, 11) is 0. The fourth-order valence-corrected chi connectivity index (χ4v) is 2.63. The molecule has 126 valence electrons. The second-order valence-corrected chi connectivity index (χ2v) is 6.88. The lowest BCUT2D eigenvalue weighted by Gasteiger charge is -2.24. The molecule has 2 atom stereocenters. The summed E-state index contributed by atoms with van der Waals surface area (Å²) < 4.78 is 11.4. The predicted molar refractivity (Wildman–Crippen MR) is 87.0 cm³/mol. The van der Waals surface area contributed by atoms with Crippen LogP contribution in [-0.2, 0) is 20.9 Å². The minimum atomic E-state index is -0.528. The molecule has 0 unspecified atom stereocenters. The second kappa shape index (κ2) is 7.59. The van der Waals surface area contributed by atoms with Crippen molar-refractivity contribution in [3.05, 3.63) is 35.9 Å². The van der Waals surface area contributed by atoms with Crippen molar-refractivity contribution in [2.45, 2.75) is 45.5 Å². The molecule has 1 aliphatic heterocycles. The lowest BCUT2D eigenvalue weighted by molar-refractivity contribution is -0.109. The van der Waals surface area contributed by atoms with Crippen LogP contribution in [0.2, 0.25) is 0 Å². The highest BCUT2D eigenvalue weighted by atomic mass is 16.6. The number of likely N-dealkylation sites (tertiary alicyclic amines) is 1. The van der Waals surface area contributed by atoms with E-state index in [1.54, 1.807) is 4.90 Å². The maximum Gasteiger partial charge on any atom is 0.410 e. The van der Waals surface area contributed by atoms with Crippen molar-refractivity contribution < 1.29 is 19.1 Å². The van der Waals surface area contributed by atoms with E-state index >= 15 is 0 Å². The second-order valence-electron chi connectivity index (χ2n) is 6.88. The SMILES string of the molecule is CC(C)(C)OC(=O)N1C[C@@H](CC=O)[C@H](OCc2ccccc2)C1. The first-order valence-corrected chi connectivity index (χ1v) is 7.96. The third-order valence-corrected chi connectivity index (χ3v) is 3.74. The summed E-state index contributed by atoms with van der Waals surface area (Å²) in [5.74, 6) is 0.0173. The van der Waals surface area contributed by atoms with Gasteiger partial charge in [0.2, 0.25) is 0 Å². The smallest absolute Gasteiger partial charge is 0.410 e. The monoisotopic (exact) mass is 319 g/mol. The Morgan fingerprint density at radius 2 is 1.96 bits per heavy atom. The first-order chi connectivity index (χ1) is 10.9. The van der Waals surface area contributed by atoms with Crippen molar-refractivity contribution in [2.24, 2.45) is 5.92 Å². The van der Waals surface area contributed by atoms with E-state index < -0.39 is 5.60 Å². The number of nitrogens with zero attached hydrogens (tertiary/aromatic N) is 1. The minimum absolute atomic E-state index is 0.0173. The van der Waals surface area contributed by atoms with Gasteiger partial charge < -0.3 is 19.2 Å². The molecule has 0 saturated carbocycles. The summed E-state index contributed by atoms with van der Waals surface area (Å²) in [5.41, 5.74) is 0.549. The molecule has 2 rings (SSSR count). The zero-order valence-electron chi connectivity index (χ0n) is 14.0. The third kappa shape index (κ3) is 5.36. The number of benzene rings is 1. The van der Waals surface area contributed by atoms with E-state index in [1.165, 1.54) is 0 Å². The van der Waals surface area contributed by atoms with Crippen LogP contribution in [0, 0.1) is 5.92 Å². The summed E-state index contributed by atoms with van der Waals surface area (Å²) in [6.45, 7) is 6.95. The Morgan fingerprint density at radius 1 is 1.26 bits per heavy atom. The van der Waals surface area contributed by atoms with E-state index in [-0.39, 0.29) is 18.1 Å². The van der Waals surface area contributed by atoms with Crippen LogP contribution in [0.3, 0.4) is 0 Å². The van der Waals surface area contributed by atoms with Gasteiger partial charge in [-0.05, 0) is 26.3 Å². The van der Waals surface area contributed by atoms with Gasteiger partial charge in [0, 0.05) is 18.9 Å². The Labute approximate surface area is 137 Å². The van der Waals surface area contributed by atoms with Crippen LogP contribution in [0.1, 0.15) is 32.8 Å². The number of hydrogen-bond acceptors (Lipinski definition) is 4. The molecule has 1 aromatic rings. The average molecular weight is 319 g/mol. The van der Waals surface area contributed by atoms with E-state index in [1.807, 2.05) is 51.1 Å². The molecule has 5 nitrogen and oxygen atoms in total. The highest BCUT2D eigenvalue weighted by Crippen LogP contribution is 2.25. The van der Waals surface area contributed by atoms with Crippen molar-refractivity contribution in [1.29, 1.82) is 0 Å². The molecule has 0 radical (unpaired) electrons. The lowest BCUT2D eigenvalue weighted by Crippen LogP contribution is -2.36. The molecule has 1 aliphatic rings. The van der Waals surface area contributed by atoms with Gasteiger partial charge in [-0.25, -0.2) is 4.79 Å². The van der Waals surface area contributed by atoms with Gasteiger partial charge in [-0.15, -0.1) is 0 Å². The molecule has 1 saturated heterocycles. The third-order valence-electron chi connectivity index (χ3n) is 3.74. The molecule has 0 bridgehead atoms. The van der Waals surface area contributed by atoms with Crippen LogP contribution in [0.15, 0.2) is 30.3 Å². The van der Waals surface area contributed by atoms with Crippen LogP contribution in [0.4, 0.5) is 4.79 Å². The fourth-order valence-electron chi connectivity index (χ4n) is 2.63. The molecule has 0 aromatic heterocycles. The van der Waals surface area contributed by atoms with Crippen LogP contribution in [-0.4, -0.2) is 42.1 Å². The molecular formula is C18H25NO4. The molecule has 1 aromatic carbocycles. The van der Waals surface area contributed by atoms with Crippen molar-refractivity contribution >= 4 is 12.4 Å². The van der Waals surface area contributed by atoms with E-state index in [0.717, 1.165) is 11.8 Å². The molecule has 1 amide bonds. The standard InChI is InChI=1S/C18H25NO4/c1-18(2,3)23-17(21)19-11-15(9-10-20)16(12-19)22-13-14-7-5-4-6-8-14/h4-8,10,15-16H,9,11-13H2,1-3H3/t15-,16-/m1/s1. The Kier molecular flexibility index (Phi) is 5.77. The number of carbonyl (C=O) groups excluding carboxylic acids is 2. The zero-order valence-corrected chi connectivity index (χ0v) is 14.0. The van der Waals surface area contributed by atoms with Gasteiger partial charge in [0.1, 0.15) is 11.9 Å². The fraction of sp³-hybridized carbons (Fsp3) is 0.556. The summed E-state index contributed by atoms with van der Waals surface area (Å²) in [6, 6.07) is 9.87. The van der Waals surface area contributed by atoms with Gasteiger partial charge in [-0.1, -0.05) is 30.3 Å². The van der Waals surface area contributed by atoms with Gasteiger partial charge in [0.15, 0.2) is 0 Å². The van der Waals surface area contributed by atoms with Gasteiger partial charge in [-0.2, -0.15) is 0 Å². The van der Waals surface area contributed by atoms with Crippen LogP contribution >= 0.6 is 0 Å². The number of ether oxygens (including phenoxy) is 2. The highest BCUT2D eigenvalue weighted by molar-refractivity contribution is 5.68. The van der Waals surface area contributed by atoms with Gasteiger partial charge >= 0.3 is 6.09 Å². The van der Waals surface area contributed by atoms with E-state index in [9.17, 15) is 9.59 Å². The van der Waals surface area contributed by atoms with Crippen LogP contribution in [0.25, 0.3) is 0 Å². The number of carbonyl (C=O) groups is 2. The molecule has 1 heterocycles. The van der Waals surface area contributed by atoms with E-state index in [2.05, 4.69) is 0 Å². The summed E-state index contributed by atoms with van der Waals surface area (Å²) >= 11 is 0. The van der Waals surface area contributed by atoms with E-state index in [0.29, 0.717) is 26.1 Å². The van der Waals surface area contributed by atoms with Crippen molar-refractivity contribution in [3.63, 3.8) is 0 Å². The average Bonchev–Trinajstić information content (AvgIpc) is 2.88. The molecule has 5 heteroatoms. The van der Waals surface area contributed by atoms with Gasteiger partial charge in [0.25, 0.3) is 0 Å². The topological polar surface area (TPSA) is 55.8 Å². The van der Waals surface area contributed by atoms with Crippen LogP contribution < -0.4 is 0 Å². The molecule has 1 fully saturated rings. The van der Waals surface area contributed by atoms with Crippen molar-refractivity contribution in [2.75, 3.05) is 13.1 Å². The quantitative estimate of drug-likeness (QED) is 0.783. The van der Waals surface area contributed by atoms with Gasteiger partial charge in [-0.3, -0.25) is 0 Å².